The summed E-state index contributed by atoms with van der Waals surface area (Å²) in [6, 6.07) is 0. The Labute approximate surface area is 207 Å². The maximum absolute atomic E-state index is 11.8. The SMILES string of the molecule is CCCCC1CCC(C(=O)O)CC1.C[C@]12CC[C@H]3[C@@H](CCC4=CC(=O)CC[C@@]43C)[C@@H]1CC[C@@H]2O. The van der Waals surface area contributed by atoms with Crippen molar-refractivity contribution in [2.75, 3.05) is 0 Å². The number of carbonyl (C=O) groups is 2. The molecule has 192 valence electrons. The van der Waals surface area contributed by atoms with Crippen molar-refractivity contribution in [3.8, 4) is 0 Å². The molecule has 4 nitrogen and oxygen atoms in total. The molecule has 4 heteroatoms. The third kappa shape index (κ3) is 4.90. The number of aliphatic hydroxyl groups is 1. The minimum atomic E-state index is -0.589. The Morgan fingerprint density at radius 3 is 2.38 bits per heavy atom. The zero-order chi connectivity index (χ0) is 24.5. The molecule has 0 unspecified atom stereocenters. The van der Waals surface area contributed by atoms with Gasteiger partial charge in [-0.3, -0.25) is 9.59 Å². The van der Waals surface area contributed by atoms with Crippen LogP contribution in [-0.2, 0) is 9.59 Å². The minimum Gasteiger partial charge on any atom is -0.481 e. The van der Waals surface area contributed by atoms with Gasteiger partial charge < -0.3 is 10.2 Å². The van der Waals surface area contributed by atoms with Crippen LogP contribution < -0.4 is 0 Å². The fourth-order valence-electron chi connectivity index (χ4n) is 8.72. The number of aliphatic carboxylic acids is 1. The van der Waals surface area contributed by atoms with E-state index in [0.29, 0.717) is 11.7 Å². The van der Waals surface area contributed by atoms with E-state index in [1.807, 2.05) is 6.08 Å². The second-order valence-corrected chi connectivity index (χ2v) is 12.8. The lowest BCUT2D eigenvalue weighted by Gasteiger charge is -2.57. The third-order valence-corrected chi connectivity index (χ3v) is 11.1. The topological polar surface area (TPSA) is 74.6 Å². The molecule has 6 atom stereocenters. The van der Waals surface area contributed by atoms with E-state index < -0.39 is 5.97 Å². The molecule has 0 amide bonds. The van der Waals surface area contributed by atoms with Gasteiger partial charge in [-0.15, -0.1) is 0 Å². The van der Waals surface area contributed by atoms with Gasteiger partial charge in [0.25, 0.3) is 0 Å². The second kappa shape index (κ2) is 10.4. The van der Waals surface area contributed by atoms with Crippen LogP contribution in [0.3, 0.4) is 0 Å². The smallest absolute Gasteiger partial charge is 0.306 e. The van der Waals surface area contributed by atoms with E-state index in [1.165, 1.54) is 50.5 Å². The minimum absolute atomic E-state index is 0.0436. The van der Waals surface area contributed by atoms with Crippen LogP contribution in [0.2, 0.25) is 0 Å². The number of carbonyl (C=O) groups excluding carboxylic acids is 1. The Kier molecular flexibility index (Phi) is 7.96. The summed E-state index contributed by atoms with van der Waals surface area (Å²) in [4.78, 5) is 22.5. The Morgan fingerprint density at radius 2 is 1.71 bits per heavy atom. The van der Waals surface area contributed by atoms with Gasteiger partial charge in [0.2, 0.25) is 0 Å². The largest absolute Gasteiger partial charge is 0.481 e. The molecule has 5 rings (SSSR count). The molecule has 0 bridgehead atoms. The predicted molar refractivity (Wildman–Crippen MR) is 135 cm³/mol. The Balaban J connectivity index is 0.000000182. The molecule has 0 saturated heterocycles. The molecule has 0 spiro atoms. The molecule has 0 radical (unpaired) electrons. The monoisotopic (exact) mass is 472 g/mol. The van der Waals surface area contributed by atoms with Gasteiger partial charge in [0.1, 0.15) is 0 Å². The zero-order valence-electron chi connectivity index (χ0n) is 21.9. The third-order valence-electron chi connectivity index (χ3n) is 11.1. The number of allylic oxidation sites excluding steroid dienone is 1. The molecular formula is C30H48O4. The molecule has 0 aromatic carbocycles. The number of fused-ring (bicyclic) bond motifs is 5. The van der Waals surface area contributed by atoms with Crippen molar-refractivity contribution < 1.29 is 19.8 Å². The van der Waals surface area contributed by atoms with Crippen LogP contribution in [0.25, 0.3) is 0 Å². The number of hydrogen-bond acceptors (Lipinski definition) is 3. The average Bonchev–Trinajstić information content (AvgIpc) is 3.13. The number of unbranched alkanes of at least 4 members (excludes halogenated alkanes) is 1. The first-order valence-electron chi connectivity index (χ1n) is 14.3. The summed E-state index contributed by atoms with van der Waals surface area (Å²) in [5.41, 5.74) is 1.89. The Hall–Kier alpha value is -1.16. The maximum Gasteiger partial charge on any atom is 0.306 e. The number of carboxylic acids is 1. The number of hydrogen-bond donors (Lipinski definition) is 2. The van der Waals surface area contributed by atoms with Crippen molar-refractivity contribution in [3.05, 3.63) is 11.6 Å². The number of carboxylic acid groups (broad SMARTS) is 1. The van der Waals surface area contributed by atoms with Crippen LogP contribution in [0.4, 0.5) is 0 Å². The normalized spacial score (nSPS) is 43.5. The summed E-state index contributed by atoms with van der Waals surface area (Å²) in [6.45, 7) is 6.97. The highest BCUT2D eigenvalue weighted by atomic mass is 16.4. The van der Waals surface area contributed by atoms with E-state index in [-0.39, 0.29) is 22.9 Å². The Morgan fingerprint density at radius 1 is 0.971 bits per heavy atom. The highest BCUT2D eigenvalue weighted by molar-refractivity contribution is 5.91. The number of rotatable bonds is 4. The maximum atomic E-state index is 11.8. The highest BCUT2D eigenvalue weighted by Gasteiger charge is 2.58. The molecule has 0 heterocycles. The van der Waals surface area contributed by atoms with E-state index in [9.17, 15) is 14.7 Å². The standard InChI is InChI=1S/C19H28O2.C11H20O2/c1-18-9-7-13(20)11-12(18)3-4-14-15-5-6-17(21)19(15,2)10-8-16(14)18;1-2-3-4-9-5-7-10(8-6-9)11(12)13/h11,14-17,21H,3-10H2,1-2H3;9-10H,2-8H2,1H3,(H,12,13)/t14-,15-,16-,17-,18-,19-;/m0./s1. The van der Waals surface area contributed by atoms with Gasteiger partial charge in [0, 0.05) is 6.42 Å². The van der Waals surface area contributed by atoms with Crippen molar-refractivity contribution in [2.45, 2.75) is 123 Å². The van der Waals surface area contributed by atoms with Gasteiger partial charge >= 0.3 is 5.97 Å². The lowest BCUT2D eigenvalue weighted by molar-refractivity contribution is -0.143. The molecule has 34 heavy (non-hydrogen) atoms. The van der Waals surface area contributed by atoms with Gasteiger partial charge in [0.05, 0.1) is 12.0 Å². The van der Waals surface area contributed by atoms with Crippen LogP contribution in [0.5, 0.6) is 0 Å². The average molecular weight is 473 g/mol. The summed E-state index contributed by atoms with van der Waals surface area (Å²) in [5, 5.41) is 19.2. The zero-order valence-corrected chi connectivity index (χ0v) is 21.9. The first-order chi connectivity index (χ1) is 16.2. The van der Waals surface area contributed by atoms with E-state index in [2.05, 4.69) is 20.8 Å². The molecule has 4 saturated carbocycles. The second-order valence-electron chi connectivity index (χ2n) is 12.8. The van der Waals surface area contributed by atoms with Crippen LogP contribution in [-0.4, -0.2) is 28.1 Å². The quantitative estimate of drug-likeness (QED) is 0.464. The fraction of sp³-hybridized carbons (Fsp3) is 0.867. The summed E-state index contributed by atoms with van der Waals surface area (Å²) < 4.78 is 0. The molecule has 4 fully saturated rings. The van der Waals surface area contributed by atoms with Crippen LogP contribution in [0, 0.1) is 40.4 Å². The lowest BCUT2D eigenvalue weighted by Crippen LogP contribution is -2.51. The molecule has 2 N–H and O–H groups in total. The van der Waals surface area contributed by atoms with Crippen molar-refractivity contribution >= 4 is 11.8 Å². The number of aliphatic hydroxyl groups excluding tert-OH is 1. The molecular weight excluding hydrogens is 424 g/mol. The van der Waals surface area contributed by atoms with Crippen molar-refractivity contribution in [1.29, 1.82) is 0 Å². The van der Waals surface area contributed by atoms with Gasteiger partial charge in [-0.2, -0.15) is 0 Å². The summed E-state index contributed by atoms with van der Waals surface area (Å²) in [6.07, 6.45) is 18.7. The molecule has 5 aliphatic carbocycles. The number of ketones is 1. The van der Waals surface area contributed by atoms with E-state index in [0.717, 1.165) is 69.1 Å². The van der Waals surface area contributed by atoms with Crippen LogP contribution >= 0.6 is 0 Å². The molecule has 0 aromatic rings. The van der Waals surface area contributed by atoms with Crippen molar-refractivity contribution in [3.63, 3.8) is 0 Å². The lowest BCUT2D eigenvalue weighted by atomic mass is 9.47. The summed E-state index contributed by atoms with van der Waals surface area (Å²) >= 11 is 0. The van der Waals surface area contributed by atoms with Crippen LogP contribution in [0.1, 0.15) is 117 Å². The van der Waals surface area contributed by atoms with Crippen molar-refractivity contribution in [2.24, 2.45) is 40.4 Å². The molecule has 5 aliphatic rings. The fourth-order valence-corrected chi connectivity index (χ4v) is 8.72. The molecule has 0 aromatic heterocycles. The Bertz CT molecular complexity index is 779. The van der Waals surface area contributed by atoms with Gasteiger partial charge in [-0.1, -0.05) is 45.6 Å². The highest BCUT2D eigenvalue weighted by Crippen LogP contribution is 2.65. The van der Waals surface area contributed by atoms with Gasteiger partial charge in [-0.25, -0.2) is 0 Å². The molecule has 0 aliphatic heterocycles. The summed E-state index contributed by atoms with van der Waals surface area (Å²) in [5.74, 6) is 2.76. The predicted octanol–water partition coefficient (Wildman–Crippen LogP) is 6.95. The van der Waals surface area contributed by atoms with E-state index in [1.54, 1.807) is 0 Å². The van der Waals surface area contributed by atoms with Gasteiger partial charge in [0.15, 0.2) is 5.78 Å². The van der Waals surface area contributed by atoms with Gasteiger partial charge in [-0.05, 0) is 111 Å². The first kappa shape index (κ1) is 25.9. The van der Waals surface area contributed by atoms with Crippen LogP contribution in [0.15, 0.2) is 11.6 Å². The van der Waals surface area contributed by atoms with E-state index >= 15 is 0 Å². The van der Waals surface area contributed by atoms with E-state index in [4.69, 9.17) is 5.11 Å². The van der Waals surface area contributed by atoms with Crippen molar-refractivity contribution in [1.82, 2.24) is 0 Å². The first-order valence-corrected chi connectivity index (χ1v) is 14.3. The summed E-state index contributed by atoms with van der Waals surface area (Å²) in [7, 11) is 0.